The van der Waals surface area contributed by atoms with Gasteiger partial charge in [0.2, 0.25) is 10.0 Å². The number of hydrogen-bond donors (Lipinski definition) is 1. The molecular weight excluding hydrogens is 262 g/mol. The van der Waals surface area contributed by atoms with Crippen molar-refractivity contribution in [3.8, 4) is 5.75 Å². The monoisotopic (exact) mass is 283 g/mol. The zero-order valence-corrected chi connectivity index (χ0v) is 12.1. The molecule has 2 rings (SSSR count). The van der Waals surface area contributed by atoms with Gasteiger partial charge in [0.25, 0.3) is 0 Å². The molecule has 0 aliphatic carbocycles. The molecule has 106 valence electrons. The van der Waals surface area contributed by atoms with Crippen molar-refractivity contribution in [1.29, 1.82) is 0 Å². The Labute approximate surface area is 115 Å². The number of piperidine rings is 1. The molecule has 0 bridgehead atoms. The van der Waals surface area contributed by atoms with Gasteiger partial charge in [-0.1, -0.05) is 31.9 Å². The number of phenolic OH excluding ortho intramolecular Hbond substituents is 1. The van der Waals surface area contributed by atoms with Crippen LogP contribution in [0.3, 0.4) is 0 Å². The summed E-state index contributed by atoms with van der Waals surface area (Å²) in [5, 5.41) is 9.71. The molecule has 1 aliphatic rings. The molecule has 0 saturated carbocycles. The highest BCUT2D eigenvalue weighted by Crippen LogP contribution is 2.29. The highest BCUT2D eigenvalue weighted by molar-refractivity contribution is 7.89. The Morgan fingerprint density at radius 2 is 1.89 bits per heavy atom. The minimum absolute atomic E-state index is 0.0175. The predicted molar refractivity (Wildman–Crippen MR) is 74.5 cm³/mol. The van der Waals surface area contributed by atoms with E-state index in [9.17, 15) is 13.5 Å². The maximum absolute atomic E-state index is 12.4. The van der Waals surface area contributed by atoms with Gasteiger partial charge >= 0.3 is 0 Å². The van der Waals surface area contributed by atoms with Crippen LogP contribution in [0.15, 0.2) is 29.2 Å². The summed E-state index contributed by atoms with van der Waals surface area (Å²) in [6.07, 6.45) is 4.16. The Morgan fingerprint density at radius 1 is 1.26 bits per heavy atom. The molecule has 1 aliphatic heterocycles. The van der Waals surface area contributed by atoms with Crippen molar-refractivity contribution in [3.05, 3.63) is 24.3 Å². The summed E-state index contributed by atoms with van der Waals surface area (Å²) in [5.41, 5.74) is 0. The summed E-state index contributed by atoms with van der Waals surface area (Å²) in [7, 11) is -3.55. The Balaban J connectivity index is 2.12. The van der Waals surface area contributed by atoms with Gasteiger partial charge < -0.3 is 5.11 Å². The fourth-order valence-electron chi connectivity index (χ4n) is 2.66. The van der Waals surface area contributed by atoms with E-state index in [1.54, 1.807) is 12.1 Å². The fourth-order valence-corrected chi connectivity index (χ4v) is 4.21. The quantitative estimate of drug-likeness (QED) is 0.924. The van der Waals surface area contributed by atoms with Gasteiger partial charge in [-0.25, -0.2) is 8.42 Å². The van der Waals surface area contributed by atoms with Crippen LogP contribution in [0.1, 0.15) is 32.6 Å². The SMILES string of the molecule is CCCC1CCN(S(=O)(=O)c2ccccc2O)CC1. The van der Waals surface area contributed by atoms with Crippen molar-refractivity contribution in [2.75, 3.05) is 13.1 Å². The molecule has 1 aromatic carbocycles. The van der Waals surface area contributed by atoms with Gasteiger partial charge in [-0.15, -0.1) is 0 Å². The predicted octanol–water partition coefficient (Wildman–Crippen LogP) is 2.59. The van der Waals surface area contributed by atoms with E-state index in [-0.39, 0.29) is 10.6 Å². The molecule has 0 unspecified atom stereocenters. The third kappa shape index (κ3) is 3.09. The number of sulfonamides is 1. The van der Waals surface area contributed by atoms with E-state index in [4.69, 9.17) is 0 Å². The van der Waals surface area contributed by atoms with Gasteiger partial charge in [0.1, 0.15) is 10.6 Å². The van der Waals surface area contributed by atoms with E-state index in [1.807, 2.05) is 0 Å². The molecule has 19 heavy (non-hydrogen) atoms. The minimum Gasteiger partial charge on any atom is -0.507 e. The summed E-state index contributed by atoms with van der Waals surface area (Å²) in [4.78, 5) is 0.0175. The van der Waals surface area contributed by atoms with Gasteiger partial charge in [0.15, 0.2) is 0 Å². The van der Waals surface area contributed by atoms with Gasteiger partial charge in [-0.3, -0.25) is 0 Å². The number of rotatable bonds is 4. The lowest BCUT2D eigenvalue weighted by Crippen LogP contribution is -2.38. The Kier molecular flexibility index (Phi) is 4.47. The Hall–Kier alpha value is -1.07. The first-order chi connectivity index (χ1) is 9.05. The zero-order chi connectivity index (χ0) is 13.9. The third-order valence-corrected chi connectivity index (χ3v) is 5.70. The molecule has 1 fully saturated rings. The van der Waals surface area contributed by atoms with Gasteiger partial charge in [-0.05, 0) is 30.9 Å². The number of hydrogen-bond acceptors (Lipinski definition) is 3. The van der Waals surface area contributed by atoms with E-state index in [1.165, 1.54) is 22.9 Å². The molecule has 0 aromatic heterocycles. The largest absolute Gasteiger partial charge is 0.507 e. The molecule has 0 radical (unpaired) electrons. The summed E-state index contributed by atoms with van der Waals surface area (Å²) >= 11 is 0. The van der Waals surface area contributed by atoms with E-state index in [2.05, 4.69) is 6.92 Å². The summed E-state index contributed by atoms with van der Waals surface area (Å²) in [6.45, 7) is 3.27. The van der Waals surface area contributed by atoms with Crippen molar-refractivity contribution in [3.63, 3.8) is 0 Å². The number of benzene rings is 1. The maximum Gasteiger partial charge on any atom is 0.246 e. The van der Waals surface area contributed by atoms with Crippen LogP contribution in [-0.2, 0) is 10.0 Å². The van der Waals surface area contributed by atoms with Crippen LogP contribution < -0.4 is 0 Å². The molecule has 4 nitrogen and oxygen atoms in total. The van der Waals surface area contributed by atoms with Crippen LogP contribution in [0.25, 0.3) is 0 Å². The van der Waals surface area contributed by atoms with Crippen LogP contribution in [0.2, 0.25) is 0 Å². The molecule has 1 saturated heterocycles. The van der Waals surface area contributed by atoms with E-state index in [0.717, 1.165) is 19.3 Å². The average molecular weight is 283 g/mol. The van der Waals surface area contributed by atoms with E-state index in [0.29, 0.717) is 19.0 Å². The van der Waals surface area contributed by atoms with Crippen LogP contribution in [-0.4, -0.2) is 30.9 Å². The van der Waals surface area contributed by atoms with Crippen molar-refractivity contribution in [1.82, 2.24) is 4.31 Å². The number of phenols is 1. The second-order valence-corrected chi connectivity index (χ2v) is 7.01. The van der Waals surface area contributed by atoms with Crippen molar-refractivity contribution in [2.45, 2.75) is 37.5 Å². The van der Waals surface area contributed by atoms with Crippen LogP contribution >= 0.6 is 0 Å². The first-order valence-electron chi connectivity index (χ1n) is 6.84. The standard InChI is InChI=1S/C14H21NO3S/c1-2-5-12-8-10-15(11-9-12)19(17,18)14-7-4-3-6-13(14)16/h3-4,6-7,12,16H,2,5,8-11H2,1H3. The van der Waals surface area contributed by atoms with Crippen LogP contribution in [0.5, 0.6) is 5.75 Å². The van der Waals surface area contributed by atoms with E-state index >= 15 is 0 Å². The highest BCUT2D eigenvalue weighted by Gasteiger charge is 2.30. The average Bonchev–Trinajstić information content (AvgIpc) is 2.40. The van der Waals surface area contributed by atoms with Crippen molar-refractivity contribution < 1.29 is 13.5 Å². The van der Waals surface area contributed by atoms with Crippen molar-refractivity contribution in [2.24, 2.45) is 5.92 Å². The molecule has 0 spiro atoms. The fraction of sp³-hybridized carbons (Fsp3) is 0.571. The lowest BCUT2D eigenvalue weighted by molar-refractivity contribution is 0.262. The molecule has 5 heteroatoms. The summed E-state index contributed by atoms with van der Waals surface area (Å²) < 4.78 is 26.4. The highest BCUT2D eigenvalue weighted by atomic mass is 32.2. The number of aromatic hydroxyl groups is 1. The second-order valence-electron chi connectivity index (χ2n) is 5.10. The molecule has 1 N–H and O–H groups in total. The van der Waals surface area contributed by atoms with Gasteiger partial charge in [0.05, 0.1) is 0 Å². The molecule has 1 heterocycles. The summed E-state index contributed by atoms with van der Waals surface area (Å²) in [5.74, 6) is 0.471. The Morgan fingerprint density at radius 3 is 2.47 bits per heavy atom. The normalized spacial score (nSPS) is 18.6. The van der Waals surface area contributed by atoms with Crippen LogP contribution in [0, 0.1) is 5.92 Å². The minimum atomic E-state index is -3.55. The number of nitrogens with zero attached hydrogens (tertiary/aromatic N) is 1. The molecule has 0 amide bonds. The first kappa shape index (κ1) is 14.3. The lowest BCUT2D eigenvalue weighted by atomic mass is 9.94. The Bertz CT molecular complexity index is 519. The zero-order valence-electron chi connectivity index (χ0n) is 11.2. The van der Waals surface area contributed by atoms with Crippen molar-refractivity contribution >= 4 is 10.0 Å². The third-order valence-electron chi connectivity index (χ3n) is 3.75. The molecule has 1 aromatic rings. The lowest BCUT2D eigenvalue weighted by Gasteiger charge is -2.31. The van der Waals surface area contributed by atoms with E-state index < -0.39 is 10.0 Å². The number of para-hydroxylation sites is 1. The maximum atomic E-state index is 12.4. The summed E-state index contributed by atoms with van der Waals surface area (Å²) in [6, 6.07) is 6.14. The van der Waals surface area contributed by atoms with Gasteiger partial charge in [-0.2, -0.15) is 4.31 Å². The van der Waals surface area contributed by atoms with Gasteiger partial charge in [0, 0.05) is 13.1 Å². The molecular formula is C14H21NO3S. The van der Waals surface area contributed by atoms with Crippen LogP contribution in [0.4, 0.5) is 0 Å². The molecule has 0 atom stereocenters. The smallest absolute Gasteiger partial charge is 0.246 e. The second kappa shape index (κ2) is 5.92. The topological polar surface area (TPSA) is 57.6 Å². The first-order valence-corrected chi connectivity index (χ1v) is 8.28.